The molecule has 1 rings (SSSR count). The number of Topliss-reactive ketones (excluding diaryl/α,β-unsaturated/α-hetero) is 1. The van der Waals surface area contributed by atoms with E-state index in [1.165, 1.54) is 12.1 Å². The van der Waals surface area contributed by atoms with E-state index in [-0.39, 0.29) is 5.56 Å². The number of aliphatic hydroxyl groups excluding tert-OH is 1. The Bertz CT molecular complexity index is 455. The first kappa shape index (κ1) is 13.2. The van der Waals surface area contributed by atoms with Gasteiger partial charge in [0.2, 0.25) is 0 Å². The molecule has 0 aliphatic heterocycles. The number of benzene rings is 1. The number of carbonyl (C=O) groups is 1. The highest BCUT2D eigenvalue weighted by molar-refractivity contribution is 7.94. The summed E-state index contributed by atoms with van der Waals surface area (Å²) in [5.74, 6) is -1.18. The molecule has 0 bridgehead atoms. The Morgan fingerprint density at radius 2 is 1.88 bits per heavy atom. The molecule has 1 aromatic rings. The van der Waals surface area contributed by atoms with Gasteiger partial charge in [0.1, 0.15) is 0 Å². The van der Waals surface area contributed by atoms with Gasteiger partial charge in [0.05, 0.1) is 12.4 Å². The van der Waals surface area contributed by atoms with Crippen molar-refractivity contribution in [2.24, 2.45) is 0 Å². The van der Waals surface area contributed by atoms with Gasteiger partial charge < -0.3 is 5.11 Å². The molecule has 6 heteroatoms. The zero-order valence-electron chi connectivity index (χ0n) is 8.34. The van der Waals surface area contributed by atoms with E-state index in [9.17, 15) is 13.2 Å². The van der Waals surface area contributed by atoms with Crippen molar-refractivity contribution in [1.82, 2.24) is 0 Å². The average Bonchev–Trinajstić information content (AvgIpc) is 2.28. The van der Waals surface area contributed by atoms with Crippen LogP contribution in [0.3, 0.4) is 0 Å². The first-order valence-corrected chi connectivity index (χ1v) is 6.70. The number of ketones is 1. The average molecular weight is 263 g/mol. The Labute approximate surface area is 98.8 Å². The van der Waals surface area contributed by atoms with Crippen LogP contribution in [0, 0.1) is 0 Å². The number of hydrogen-bond donors (Lipinski definition) is 1. The van der Waals surface area contributed by atoms with Crippen molar-refractivity contribution in [3.05, 3.63) is 35.9 Å². The normalized spacial score (nSPS) is 13.4. The van der Waals surface area contributed by atoms with Crippen molar-refractivity contribution in [1.29, 1.82) is 0 Å². The molecule has 1 unspecified atom stereocenters. The Kier molecular flexibility index (Phi) is 4.46. The molecule has 0 aliphatic rings. The summed E-state index contributed by atoms with van der Waals surface area (Å²) in [6.07, 6.45) is 0. The molecule has 4 nitrogen and oxygen atoms in total. The van der Waals surface area contributed by atoms with E-state index in [2.05, 4.69) is 0 Å². The zero-order valence-corrected chi connectivity index (χ0v) is 9.91. The van der Waals surface area contributed by atoms with Gasteiger partial charge in [0.25, 0.3) is 0 Å². The molecule has 1 atom stereocenters. The van der Waals surface area contributed by atoms with Gasteiger partial charge in [-0.1, -0.05) is 41.9 Å². The zero-order chi connectivity index (χ0) is 12.2. The number of carbonyl (C=O) groups excluding carboxylic acids is 1. The highest BCUT2D eigenvalue weighted by atomic mass is 35.5. The second kappa shape index (κ2) is 5.43. The van der Waals surface area contributed by atoms with Crippen LogP contribution in [0.1, 0.15) is 10.4 Å². The summed E-state index contributed by atoms with van der Waals surface area (Å²) in [6, 6.07) is 7.94. The SMILES string of the molecule is O=C(c1ccccc1)C(Cl)S(=O)(=O)CCO. The number of hydrogen-bond acceptors (Lipinski definition) is 4. The lowest BCUT2D eigenvalue weighted by atomic mass is 10.1. The fourth-order valence-electron chi connectivity index (χ4n) is 1.13. The molecule has 0 saturated heterocycles. The fourth-order valence-corrected chi connectivity index (χ4v) is 2.44. The molecule has 0 radical (unpaired) electrons. The molecule has 16 heavy (non-hydrogen) atoms. The van der Waals surface area contributed by atoms with Crippen molar-refractivity contribution < 1.29 is 18.3 Å². The van der Waals surface area contributed by atoms with E-state index in [1.54, 1.807) is 18.2 Å². The van der Waals surface area contributed by atoms with Crippen LogP contribution in [0.4, 0.5) is 0 Å². The summed E-state index contributed by atoms with van der Waals surface area (Å²) >= 11 is 5.59. The molecule has 0 fully saturated rings. The van der Waals surface area contributed by atoms with Gasteiger partial charge in [0.15, 0.2) is 20.3 Å². The highest BCUT2D eigenvalue weighted by Crippen LogP contribution is 2.14. The lowest BCUT2D eigenvalue weighted by molar-refractivity contribution is 0.101. The van der Waals surface area contributed by atoms with Crippen LogP contribution >= 0.6 is 11.6 Å². The second-order valence-electron chi connectivity index (χ2n) is 3.14. The topological polar surface area (TPSA) is 71.4 Å². The Morgan fingerprint density at radius 1 is 1.31 bits per heavy atom. The van der Waals surface area contributed by atoms with Gasteiger partial charge in [-0.05, 0) is 0 Å². The summed E-state index contributed by atoms with van der Waals surface area (Å²) in [4.78, 5) is 11.7. The number of rotatable bonds is 5. The number of sulfone groups is 1. The molecule has 0 saturated carbocycles. The van der Waals surface area contributed by atoms with Gasteiger partial charge in [-0.2, -0.15) is 0 Å². The van der Waals surface area contributed by atoms with Crippen LogP contribution in [-0.2, 0) is 9.84 Å². The molecular weight excluding hydrogens is 252 g/mol. The summed E-state index contributed by atoms with van der Waals surface area (Å²) in [6.45, 7) is -0.548. The number of halogens is 1. The largest absolute Gasteiger partial charge is 0.395 e. The molecule has 0 aliphatic carbocycles. The third-order valence-corrected chi connectivity index (χ3v) is 4.56. The molecular formula is C10H11ClO4S. The van der Waals surface area contributed by atoms with Crippen LogP contribution in [0.5, 0.6) is 0 Å². The van der Waals surface area contributed by atoms with Crippen LogP contribution in [0.25, 0.3) is 0 Å². The Balaban J connectivity index is 2.92. The molecule has 0 spiro atoms. The van der Waals surface area contributed by atoms with E-state index in [0.717, 1.165) is 0 Å². The van der Waals surface area contributed by atoms with Gasteiger partial charge in [0, 0.05) is 5.56 Å². The molecule has 1 aromatic carbocycles. The monoisotopic (exact) mass is 262 g/mol. The van der Waals surface area contributed by atoms with Crippen LogP contribution in [-0.4, -0.2) is 36.4 Å². The third kappa shape index (κ3) is 3.04. The van der Waals surface area contributed by atoms with E-state index >= 15 is 0 Å². The minimum Gasteiger partial charge on any atom is -0.395 e. The van der Waals surface area contributed by atoms with Gasteiger partial charge in [-0.15, -0.1) is 0 Å². The lowest BCUT2D eigenvalue weighted by Gasteiger charge is -2.08. The van der Waals surface area contributed by atoms with Crippen molar-refractivity contribution in [2.45, 2.75) is 4.71 Å². The van der Waals surface area contributed by atoms with Gasteiger partial charge in [-0.25, -0.2) is 8.42 Å². The Morgan fingerprint density at radius 3 is 2.38 bits per heavy atom. The highest BCUT2D eigenvalue weighted by Gasteiger charge is 2.30. The summed E-state index contributed by atoms with van der Waals surface area (Å²) in [7, 11) is -3.79. The number of aliphatic hydroxyl groups is 1. The van der Waals surface area contributed by atoms with Crippen LogP contribution in [0.2, 0.25) is 0 Å². The second-order valence-corrected chi connectivity index (χ2v) is 6.04. The first-order valence-electron chi connectivity index (χ1n) is 4.55. The molecule has 88 valence electrons. The first-order chi connectivity index (χ1) is 7.49. The fraction of sp³-hybridized carbons (Fsp3) is 0.300. The van der Waals surface area contributed by atoms with Crippen molar-refractivity contribution in [3.63, 3.8) is 0 Å². The minimum atomic E-state index is -3.79. The lowest BCUT2D eigenvalue weighted by Crippen LogP contribution is -2.28. The number of alkyl halides is 1. The maximum absolute atomic E-state index is 11.7. The Hall–Kier alpha value is -0.910. The molecule has 1 N–H and O–H groups in total. The molecule has 0 aromatic heterocycles. The summed E-state index contributed by atoms with van der Waals surface area (Å²) in [5.41, 5.74) is 0.240. The molecule has 0 heterocycles. The van der Waals surface area contributed by atoms with Crippen molar-refractivity contribution >= 4 is 27.2 Å². The standard InChI is InChI=1S/C10H11ClO4S/c11-10(16(14,15)7-6-12)9(13)8-4-2-1-3-5-8/h1-5,10,12H,6-7H2. The van der Waals surface area contributed by atoms with Crippen molar-refractivity contribution in [3.8, 4) is 0 Å². The predicted octanol–water partition coefficient (Wildman–Crippen LogP) is 0.841. The van der Waals surface area contributed by atoms with Crippen LogP contribution < -0.4 is 0 Å². The quantitative estimate of drug-likeness (QED) is 0.631. The maximum Gasteiger partial charge on any atom is 0.197 e. The van der Waals surface area contributed by atoms with Crippen molar-refractivity contribution in [2.75, 3.05) is 12.4 Å². The van der Waals surface area contributed by atoms with E-state index in [4.69, 9.17) is 16.7 Å². The van der Waals surface area contributed by atoms with Crippen LogP contribution in [0.15, 0.2) is 30.3 Å². The predicted molar refractivity (Wildman–Crippen MR) is 61.3 cm³/mol. The smallest absolute Gasteiger partial charge is 0.197 e. The minimum absolute atomic E-state index is 0.240. The van der Waals surface area contributed by atoms with E-state index in [1.807, 2.05) is 0 Å². The molecule has 0 amide bonds. The third-order valence-electron chi connectivity index (χ3n) is 1.96. The van der Waals surface area contributed by atoms with E-state index in [0.29, 0.717) is 0 Å². The van der Waals surface area contributed by atoms with Gasteiger partial charge in [-0.3, -0.25) is 4.79 Å². The van der Waals surface area contributed by atoms with E-state index < -0.39 is 32.7 Å². The summed E-state index contributed by atoms with van der Waals surface area (Å²) < 4.78 is 21.2. The van der Waals surface area contributed by atoms with Gasteiger partial charge >= 0.3 is 0 Å². The summed E-state index contributed by atoms with van der Waals surface area (Å²) in [5, 5.41) is 8.55. The maximum atomic E-state index is 11.7.